The van der Waals surface area contributed by atoms with Crippen LogP contribution in [0.25, 0.3) is 0 Å². The first-order valence-electron chi connectivity index (χ1n) is 7.69. The molecule has 112 valence electrons. The lowest BCUT2D eigenvalue weighted by atomic mass is 10.0. The Kier molecular flexibility index (Phi) is 5.59. The van der Waals surface area contributed by atoms with Gasteiger partial charge in [-0.1, -0.05) is 13.8 Å². The van der Waals surface area contributed by atoms with E-state index in [1.165, 1.54) is 0 Å². The first-order chi connectivity index (χ1) is 9.72. The van der Waals surface area contributed by atoms with Gasteiger partial charge in [-0.3, -0.25) is 0 Å². The largest absolute Gasteiger partial charge is 0.381 e. The molecule has 2 N–H and O–H groups in total. The molecule has 0 saturated carbocycles. The summed E-state index contributed by atoms with van der Waals surface area (Å²) >= 11 is 0. The topological polar surface area (TPSA) is 59.1 Å². The number of aromatic nitrogens is 2. The predicted molar refractivity (Wildman–Crippen MR) is 82.2 cm³/mol. The van der Waals surface area contributed by atoms with Crippen LogP contribution >= 0.6 is 0 Å². The van der Waals surface area contributed by atoms with Crippen LogP contribution in [0.15, 0.2) is 6.07 Å². The van der Waals surface area contributed by atoms with Crippen molar-refractivity contribution >= 4 is 11.6 Å². The highest BCUT2D eigenvalue weighted by Crippen LogP contribution is 2.20. The van der Waals surface area contributed by atoms with E-state index in [4.69, 9.17) is 4.74 Å². The smallest absolute Gasteiger partial charge is 0.132 e. The molecule has 0 bridgehead atoms. The molecule has 0 aromatic carbocycles. The van der Waals surface area contributed by atoms with Gasteiger partial charge >= 0.3 is 0 Å². The molecule has 2 unspecified atom stereocenters. The van der Waals surface area contributed by atoms with Crippen molar-refractivity contribution in [3.63, 3.8) is 0 Å². The fraction of sp³-hybridized carbons (Fsp3) is 0.733. The Labute approximate surface area is 121 Å². The number of hydrogen-bond donors (Lipinski definition) is 2. The van der Waals surface area contributed by atoms with Crippen LogP contribution in [0.1, 0.15) is 39.4 Å². The van der Waals surface area contributed by atoms with Gasteiger partial charge in [0.1, 0.15) is 17.5 Å². The van der Waals surface area contributed by atoms with E-state index in [0.29, 0.717) is 12.0 Å². The SMILES string of the molecule is CCCNc1cc(NC(C)C2CCOC2)nc(CC)n1. The fourth-order valence-electron chi connectivity index (χ4n) is 2.37. The Morgan fingerprint density at radius 2 is 2.15 bits per heavy atom. The van der Waals surface area contributed by atoms with E-state index in [9.17, 15) is 0 Å². The molecular weight excluding hydrogens is 252 g/mol. The molecule has 2 heterocycles. The summed E-state index contributed by atoms with van der Waals surface area (Å²) in [6, 6.07) is 2.37. The summed E-state index contributed by atoms with van der Waals surface area (Å²) < 4.78 is 5.45. The van der Waals surface area contributed by atoms with E-state index in [1.807, 2.05) is 6.07 Å². The lowest BCUT2D eigenvalue weighted by molar-refractivity contribution is 0.183. The van der Waals surface area contributed by atoms with Crippen LogP contribution in [0.5, 0.6) is 0 Å². The second kappa shape index (κ2) is 7.43. The van der Waals surface area contributed by atoms with E-state index in [-0.39, 0.29) is 0 Å². The number of ether oxygens (including phenoxy) is 1. The number of nitrogens with zero attached hydrogens (tertiary/aromatic N) is 2. The summed E-state index contributed by atoms with van der Waals surface area (Å²) in [6.07, 6.45) is 3.06. The molecule has 5 heteroatoms. The summed E-state index contributed by atoms with van der Waals surface area (Å²) in [5, 5.41) is 6.84. The first-order valence-corrected chi connectivity index (χ1v) is 7.69. The van der Waals surface area contributed by atoms with Crippen LogP contribution in [0.4, 0.5) is 11.6 Å². The highest BCUT2D eigenvalue weighted by molar-refractivity contribution is 5.48. The maximum Gasteiger partial charge on any atom is 0.132 e. The average molecular weight is 278 g/mol. The van der Waals surface area contributed by atoms with Gasteiger partial charge in [0.2, 0.25) is 0 Å². The molecule has 2 atom stereocenters. The number of nitrogens with one attached hydrogen (secondary N) is 2. The minimum Gasteiger partial charge on any atom is -0.381 e. The molecule has 0 amide bonds. The minimum absolute atomic E-state index is 0.371. The standard InChI is InChI=1S/C15H26N4O/c1-4-7-16-14-9-15(19-13(5-2)18-14)17-11(3)12-6-8-20-10-12/h9,11-12H,4-8,10H2,1-3H3,(H2,16,17,18,19). The molecule has 1 fully saturated rings. The van der Waals surface area contributed by atoms with Crippen molar-refractivity contribution < 1.29 is 4.74 Å². The zero-order valence-electron chi connectivity index (χ0n) is 12.8. The molecule has 0 spiro atoms. The summed E-state index contributed by atoms with van der Waals surface area (Å²) in [7, 11) is 0. The van der Waals surface area contributed by atoms with Gasteiger partial charge < -0.3 is 15.4 Å². The van der Waals surface area contributed by atoms with Crippen LogP contribution < -0.4 is 10.6 Å². The average Bonchev–Trinajstić information content (AvgIpc) is 2.99. The van der Waals surface area contributed by atoms with Crippen molar-refractivity contribution in [2.45, 2.75) is 46.1 Å². The summed E-state index contributed by atoms with van der Waals surface area (Å²) in [4.78, 5) is 9.08. The van der Waals surface area contributed by atoms with Gasteiger partial charge in [-0.15, -0.1) is 0 Å². The molecule has 0 radical (unpaired) electrons. The fourth-order valence-corrected chi connectivity index (χ4v) is 2.37. The number of aryl methyl sites for hydroxylation is 1. The monoisotopic (exact) mass is 278 g/mol. The van der Waals surface area contributed by atoms with Crippen molar-refractivity contribution in [3.8, 4) is 0 Å². The second-order valence-electron chi connectivity index (χ2n) is 5.39. The van der Waals surface area contributed by atoms with Crippen molar-refractivity contribution in [3.05, 3.63) is 11.9 Å². The van der Waals surface area contributed by atoms with Crippen molar-refractivity contribution in [2.24, 2.45) is 5.92 Å². The van der Waals surface area contributed by atoms with Gasteiger partial charge in [-0.2, -0.15) is 0 Å². The van der Waals surface area contributed by atoms with Gasteiger partial charge in [0.15, 0.2) is 0 Å². The van der Waals surface area contributed by atoms with Crippen molar-refractivity contribution in [2.75, 3.05) is 30.4 Å². The molecule has 1 aromatic heterocycles. The zero-order chi connectivity index (χ0) is 14.4. The third kappa shape index (κ3) is 4.07. The normalized spacial score (nSPS) is 19.9. The third-order valence-electron chi connectivity index (χ3n) is 3.69. The van der Waals surface area contributed by atoms with Gasteiger partial charge in [-0.05, 0) is 19.8 Å². The van der Waals surface area contributed by atoms with E-state index in [0.717, 1.165) is 56.5 Å². The molecular formula is C15H26N4O. The van der Waals surface area contributed by atoms with E-state index in [1.54, 1.807) is 0 Å². The first kappa shape index (κ1) is 15.0. The summed E-state index contributed by atoms with van der Waals surface area (Å²) in [6.45, 7) is 9.09. The quantitative estimate of drug-likeness (QED) is 0.803. The number of rotatable bonds is 7. The zero-order valence-corrected chi connectivity index (χ0v) is 12.8. The molecule has 5 nitrogen and oxygen atoms in total. The Morgan fingerprint density at radius 3 is 2.80 bits per heavy atom. The number of anilines is 2. The molecule has 2 rings (SSSR count). The lowest BCUT2D eigenvalue weighted by Crippen LogP contribution is -2.27. The highest BCUT2D eigenvalue weighted by atomic mass is 16.5. The summed E-state index contributed by atoms with van der Waals surface area (Å²) in [5.41, 5.74) is 0. The molecule has 20 heavy (non-hydrogen) atoms. The Morgan fingerprint density at radius 1 is 1.35 bits per heavy atom. The van der Waals surface area contributed by atoms with Crippen LogP contribution in [0.2, 0.25) is 0 Å². The van der Waals surface area contributed by atoms with Crippen molar-refractivity contribution in [1.29, 1.82) is 0 Å². The highest BCUT2D eigenvalue weighted by Gasteiger charge is 2.22. The summed E-state index contributed by atoms with van der Waals surface area (Å²) in [5.74, 6) is 3.27. The Hall–Kier alpha value is -1.36. The third-order valence-corrected chi connectivity index (χ3v) is 3.69. The van der Waals surface area contributed by atoms with E-state index < -0.39 is 0 Å². The molecule has 0 aliphatic carbocycles. The van der Waals surface area contributed by atoms with Crippen molar-refractivity contribution in [1.82, 2.24) is 9.97 Å². The number of hydrogen-bond acceptors (Lipinski definition) is 5. The van der Waals surface area contributed by atoms with Gasteiger partial charge in [0.05, 0.1) is 6.61 Å². The van der Waals surface area contributed by atoms with E-state index >= 15 is 0 Å². The molecule has 1 saturated heterocycles. The van der Waals surface area contributed by atoms with Gasteiger partial charge in [-0.25, -0.2) is 9.97 Å². The maximum absolute atomic E-state index is 5.45. The predicted octanol–water partition coefficient (Wildman–Crippen LogP) is 2.70. The molecule has 1 aliphatic rings. The van der Waals surface area contributed by atoms with Crippen LogP contribution in [-0.4, -0.2) is 35.8 Å². The lowest BCUT2D eigenvalue weighted by Gasteiger charge is -2.20. The van der Waals surface area contributed by atoms with Gasteiger partial charge in [0.25, 0.3) is 0 Å². The molecule has 1 aliphatic heterocycles. The Balaban J connectivity index is 2.04. The van der Waals surface area contributed by atoms with Gasteiger partial charge in [0, 0.05) is 37.6 Å². The molecule has 1 aromatic rings. The van der Waals surface area contributed by atoms with E-state index in [2.05, 4.69) is 41.4 Å². The maximum atomic E-state index is 5.45. The van der Waals surface area contributed by atoms with Crippen LogP contribution in [-0.2, 0) is 11.2 Å². The minimum atomic E-state index is 0.371. The Bertz CT molecular complexity index is 418. The second-order valence-corrected chi connectivity index (χ2v) is 5.39. The van der Waals surface area contributed by atoms with Crippen LogP contribution in [0.3, 0.4) is 0 Å². The van der Waals surface area contributed by atoms with Crippen LogP contribution in [0, 0.1) is 5.92 Å².